The van der Waals surface area contributed by atoms with Crippen molar-refractivity contribution in [2.24, 2.45) is 0 Å². The Kier molecular flexibility index (Phi) is 4.68. The van der Waals surface area contributed by atoms with E-state index in [4.69, 9.17) is 0 Å². The molecule has 0 aromatic carbocycles. The Labute approximate surface area is 102 Å². The molecule has 96 valence electrons. The minimum atomic E-state index is -3.28. The molecule has 7 heteroatoms. The van der Waals surface area contributed by atoms with Crippen LogP contribution in [0, 0.1) is 0 Å². The van der Waals surface area contributed by atoms with Gasteiger partial charge in [0.1, 0.15) is 0 Å². The molecule has 0 saturated heterocycles. The number of hydrogen-bond acceptors (Lipinski definition) is 5. The fourth-order valence-corrected chi connectivity index (χ4v) is 1.90. The summed E-state index contributed by atoms with van der Waals surface area (Å²) >= 11 is 0. The van der Waals surface area contributed by atoms with Crippen molar-refractivity contribution in [2.45, 2.75) is 20.8 Å². The highest BCUT2D eigenvalue weighted by atomic mass is 32.2. The van der Waals surface area contributed by atoms with Crippen LogP contribution in [0.4, 0.5) is 11.6 Å². The molecule has 17 heavy (non-hydrogen) atoms. The average molecular weight is 258 g/mol. The van der Waals surface area contributed by atoms with Gasteiger partial charge in [0.2, 0.25) is 10.0 Å². The van der Waals surface area contributed by atoms with Gasteiger partial charge in [0.25, 0.3) is 0 Å². The molecule has 0 aliphatic carbocycles. The number of hydrogen-bond donors (Lipinski definition) is 1. The summed E-state index contributed by atoms with van der Waals surface area (Å²) in [5, 5.41) is 7.83. The summed E-state index contributed by atoms with van der Waals surface area (Å²) < 4.78 is 25.0. The van der Waals surface area contributed by atoms with Gasteiger partial charge in [0, 0.05) is 13.1 Å². The molecule has 0 aliphatic heterocycles. The Balaban J connectivity index is 2.81. The van der Waals surface area contributed by atoms with E-state index in [1.165, 1.54) is 0 Å². The molecule has 6 nitrogen and oxygen atoms in total. The number of aromatic nitrogens is 2. The predicted octanol–water partition coefficient (Wildman–Crippen LogP) is 1.08. The van der Waals surface area contributed by atoms with E-state index in [-0.39, 0.29) is 11.6 Å². The molecule has 0 saturated carbocycles. The highest BCUT2D eigenvalue weighted by Crippen LogP contribution is 2.11. The largest absolute Gasteiger partial charge is 0.356 e. The van der Waals surface area contributed by atoms with E-state index in [1.54, 1.807) is 19.1 Å². The van der Waals surface area contributed by atoms with Crippen LogP contribution in [-0.4, -0.2) is 37.5 Å². The Morgan fingerprint density at radius 3 is 2.24 bits per heavy atom. The first kappa shape index (κ1) is 13.7. The minimum Gasteiger partial charge on any atom is -0.356 e. The molecule has 1 rings (SSSR count). The lowest BCUT2D eigenvalue weighted by atomic mass is 10.4. The van der Waals surface area contributed by atoms with Crippen LogP contribution in [0.2, 0.25) is 0 Å². The molecular formula is C10H18N4O2S. The van der Waals surface area contributed by atoms with Crippen molar-refractivity contribution in [3.63, 3.8) is 0 Å². The molecule has 1 aromatic rings. The smallest absolute Gasteiger partial charge is 0.233 e. The monoisotopic (exact) mass is 258 g/mol. The SMILES string of the molecule is CCN(CC)c1ccc(NS(=O)(=O)CC)nn1. The summed E-state index contributed by atoms with van der Waals surface area (Å²) in [6.07, 6.45) is 0. The maximum Gasteiger partial charge on any atom is 0.233 e. The molecule has 0 bridgehead atoms. The van der Waals surface area contributed by atoms with Crippen molar-refractivity contribution in [2.75, 3.05) is 28.5 Å². The van der Waals surface area contributed by atoms with Gasteiger partial charge < -0.3 is 4.90 Å². The highest BCUT2D eigenvalue weighted by Gasteiger charge is 2.09. The number of nitrogens with one attached hydrogen (secondary N) is 1. The van der Waals surface area contributed by atoms with Crippen LogP contribution < -0.4 is 9.62 Å². The van der Waals surface area contributed by atoms with Gasteiger partial charge in [-0.15, -0.1) is 10.2 Å². The van der Waals surface area contributed by atoms with Gasteiger partial charge in [-0.25, -0.2) is 8.42 Å². The van der Waals surface area contributed by atoms with E-state index in [0.29, 0.717) is 0 Å². The van der Waals surface area contributed by atoms with Crippen molar-refractivity contribution in [1.29, 1.82) is 0 Å². The van der Waals surface area contributed by atoms with Crippen LogP contribution >= 0.6 is 0 Å². The van der Waals surface area contributed by atoms with E-state index in [0.717, 1.165) is 18.9 Å². The van der Waals surface area contributed by atoms with Gasteiger partial charge in [-0.1, -0.05) is 0 Å². The lowest BCUT2D eigenvalue weighted by Gasteiger charge is -2.18. The summed E-state index contributed by atoms with van der Waals surface area (Å²) in [5.74, 6) is 1.02. The summed E-state index contributed by atoms with van der Waals surface area (Å²) in [6, 6.07) is 3.38. The molecule has 1 N–H and O–H groups in total. The zero-order valence-corrected chi connectivity index (χ0v) is 11.2. The quantitative estimate of drug-likeness (QED) is 0.826. The van der Waals surface area contributed by atoms with E-state index in [9.17, 15) is 8.42 Å². The normalized spacial score (nSPS) is 11.2. The number of nitrogens with zero attached hydrogens (tertiary/aromatic N) is 3. The minimum absolute atomic E-state index is 0.0203. The second-order valence-electron chi connectivity index (χ2n) is 3.45. The maximum absolute atomic E-state index is 11.3. The second-order valence-corrected chi connectivity index (χ2v) is 5.47. The van der Waals surface area contributed by atoms with Crippen molar-refractivity contribution in [1.82, 2.24) is 10.2 Å². The van der Waals surface area contributed by atoms with Crippen molar-refractivity contribution in [3.05, 3.63) is 12.1 Å². The molecule has 0 aliphatic rings. The molecule has 0 spiro atoms. The van der Waals surface area contributed by atoms with Crippen LogP contribution in [0.5, 0.6) is 0 Å². The summed E-state index contributed by atoms with van der Waals surface area (Å²) in [6.45, 7) is 7.30. The summed E-state index contributed by atoms with van der Waals surface area (Å²) in [7, 11) is -3.28. The molecular weight excluding hydrogens is 240 g/mol. The summed E-state index contributed by atoms with van der Waals surface area (Å²) in [4.78, 5) is 2.03. The Morgan fingerprint density at radius 2 is 1.82 bits per heavy atom. The van der Waals surface area contributed by atoms with Crippen LogP contribution in [0.25, 0.3) is 0 Å². The van der Waals surface area contributed by atoms with Gasteiger partial charge in [-0.3, -0.25) is 4.72 Å². The van der Waals surface area contributed by atoms with Crippen molar-refractivity contribution in [3.8, 4) is 0 Å². The first-order valence-corrected chi connectivity index (χ1v) is 7.26. The molecule has 1 heterocycles. The average Bonchev–Trinajstić information content (AvgIpc) is 2.32. The van der Waals surface area contributed by atoms with Crippen molar-refractivity contribution >= 4 is 21.7 Å². The first-order valence-electron chi connectivity index (χ1n) is 5.61. The topological polar surface area (TPSA) is 75.2 Å². The Hall–Kier alpha value is -1.37. The third kappa shape index (κ3) is 3.85. The van der Waals surface area contributed by atoms with E-state index < -0.39 is 10.0 Å². The van der Waals surface area contributed by atoms with Crippen LogP contribution in [0.1, 0.15) is 20.8 Å². The lowest BCUT2D eigenvalue weighted by molar-refractivity contribution is 0.602. The molecule has 0 atom stereocenters. The first-order chi connectivity index (χ1) is 8.02. The fraction of sp³-hybridized carbons (Fsp3) is 0.600. The van der Waals surface area contributed by atoms with Crippen LogP contribution in [0.15, 0.2) is 12.1 Å². The molecule has 1 aromatic heterocycles. The molecule has 0 unspecified atom stereocenters. The third-order valence-corrected chi connectivity index (χ3v) is 3.66. The van der Waals surface area contributed by atoms with Gasteiger partial charge >= 0.3 is 0 Å². The maximum atomic E-state index is 11.3. The van der Waals surface area contributed by atoms with E-state index in [2.05, 4.69) is 14.9 Å². The molecule has 0 amide bonds. The zero-order chi connectivity index (χ0) is 12.9. The number of anilines is 2. The van der Waals surface area contributed by atoms with Gasteiger partial charge in [-0.2, -0.15) is 0 Å². The summed E-state index contributed by atoms with van der Waals surface area (Å²) in [5.41, 5.74) is 0. The van der Waals surface area contributed by atoms with Crippen molar-refractivity contribution < 1.29 is 8.42 Å². The van der Waals surface area contributed by atoms with Gasteiger partial charge in [0.05, 0.1) is 5.75 Å². The molecule has 0 fully saturated rings. The van der Waals surface area contributed by atoms with Crippen LogP contribution in [0.3, 0.4) is 0 Å². The standard InChI is InChI=1S/C10H18N4O2S/c1-4-14(5-2)10-8-7-9(11-12-10)13-17(15,16)6-3/h7-8H,4-6H2,1-3H3,(H,11,13). The second kappa shape index (κ2) is 5.81. The Morgan fingerprint density at radius 1 is 1.18 bits per heavy atom. The number of sulfonamides is 1. The third-order valence-electron chi connectivity index (χ3n) is 2.38. The van der Waals surface area contributed by atoms with Crippen LogP contribution in [-0.2, 0) is 10.0 Å². The van der Waals surface area contributed by atoms with E-state index >= 15 is 0 Å². The zero-order valence-electron chi connectivity index (χ0n) is 10.3. The highest BCUT2D eigenvalue weighted by molar-refractivity contribution is 7.92. The lowest BCUT2D eigenvalue weighted by Crippen LogP contribution is -2.23. The Bertz CT molecular complexity index is 440. The number of rotatable bonds is 6. The van der Waals surface area contributed by atoms with Gasteiger partial charge in [-0.05, 0) is 32.9 Å². The van der Waals surface area contributed by atoms with Gasteiger partial charge in [0.15, 0.2) is 11.6 Å². The predicted molar refractivity (Wildman–Crippen MR) is 68.7 cm³/mol. The fourth-order valence-electron chi connectivity index (χ4n) is 1.33. The molecule has 0 radical (unpaired) electrons. The van der Waals surface area contributed by atoms with E-state index in [1.807, 2.05) is 18.7 Å².